The van der Waals surface area contributed by atoms with E-state index in [1.54, 1.807) is 30.3 Å². The molecule has 9 nitrogen and oxygen atoms in total. The van der Waals surface area contributed by atoms with Crippen LogP contribution < -0.4 is 11.5 Å². The zero-order valence-electron chi connectivity index (χ0n) is 17.2. The molecule has 0 saturated carbocycles. The molecule has 0 bridgehead atoms. The number of nitrogens with one attached hydrogen (secondary N) is 3. The van der Waals surface area contributed by atoms with Crippen molar-refractivity contribution in [2.24, 2.45) is 11.5 Å². The van der Waals surface area contributed by atoms with Crippen molar-refractivity contribution in [3.05, 3.63) is 71.8 Å². The molecule has 9 heteroatoms. The summed E-state index contributed by atoms with van der Waals surface area (Å²) in [7, 11) is 0. The number of H-pyrrole nitrogens is 1. The smallest absolute Gasteiger partial charge is 0.300 e. The van der Waals surface area contributed by atoms with Crippen molar-refractivity contribution in [2.75, 3.05) is 0 Å². The summed E-state index contributed by atoms with van der Waals surface area (Å²) < 4.78 is 0. The topological polar surface area (TPSA) is 186 Å². The maximum absolute atomic E-state index is 10.9. The van der Waals surface area contributed by atoms with Crippen LogP contribution in [0.1, 0.15) is 18.1 Å². The van der Waals surface area contributed by atoms with E-state index in [9.17, 15) is 5.11 Å². The van der Waals surface area contributed by atoms with Gasteiger partial charge in [0.15, 0.2) is 0 Å². The van der Waals surface area contributed by atoms with Gasteiger partial charge < -0.3 is 26.7 Å². The number of nitrogen functional groups attached to an aromatic ring is 2. The van der Waals surface area contributed by atoms with Crippen molar-refractivity contribution < 1.29 is 15.0 Å². The van der Waals surface area contributed by atoms with Gasteiger partial charge in [0.05, 0.1) is 16.6 Å². The first kappa shape index (κ1) is 22.0. The molecule has 0 aliphatic rings. The fourth-order valence-corrected chi connectivity index (χ4v) is 3.10. The second kappa shape index (κ2) is 9.00. The number of imidazole rings is 1. The summed E-state index contributed by atoms with van der Waals surface area (Å²) in [5.41, 5.74) is 15.7. The van der Waals surface area contributed by atoms with Crippen LogP contribution in [0.5, 0.6) is 5.75 Å². The molecule has 3 aromatic carbocycles. The van der Waals surface area contributed by atoms with E-state index in [4.69, 9.17) is 32.2 Å². The average Bonchev–Trinajstić information content (AvgIpc) is 3.16. The normalized spacial score (nSPS) is 10.3. The number of aromatic hydroxyl groups is 1. The van der Waals surface area contributed by atoms with Gasteiger partial charge in [0.1, 0.15) is 23.2 Å². The van der Waals surface area contributed by atoms with Gasteiger partial charge in [-0.3, -0.25) is 15.6 Å². The van der Waals surface area contributed by atoms with E-state index in [1.165, 1.54) is 0 Å². The number of hydrogen-bond donors (Lipinski definition) is 7. The van der Waals surface area contributed by atoms with E-state index in [2.05, 4.69) is 9.97 Å². The minimum Gasteiger partial charge on any atom is -0.507 e. The Morgan fingerprint density at radius 1 is 0.938 bits per heavy atom. The molecule has 4 rings (SSSR count). The lowest BCUT2D eigenvalue weighted by Crippen LogP contribution is -2.10. The van der Waals surface area contributed by atoms with Gasteiger partial charge >= 0.3 is 0 Å². The molecule has 0 radical (unpaired) electrons. The van der Waals surface area contributed by atoms with Gasteiger partial charge in [0.2, 0.25) is 0 Å². The Morgan fingerprint density at radius 3 is 2.09 bits per heavy atom. The summed E-state index contributed by atoms with van der Waals surface area (Å²) in [6.07, 6.45) is 0. The predicted octanol–water partition coefficient (Wildman–Crippen LogP) is 3.26. The van der Waals surface area contributed by atoms with Crippen LogP contribution in [0.2, 0.25) is 0 Å². The lowest BCUT2D eigenvalue weighted by atomic mass is 10.00. The van der Waals surface area contributed by atoms with E-state index in [-0.39, 0.29) is 17.4 Å². The van der Waals surface area contributed by atoms with Crippen molar-refractivity contribution in [2.45, 2.75) is 6.92 Å². The summed E-state index contributed by atoms with van der Waals surface area (Å²) >= 11 is 0. The molecule has 0 amide bonds. The number of carbonyl (C=O) groups is 1. The molecule has 1 aromatic heterocycles. The first-order valence-electron chi connectivity index (χ1n) is 9.48. The first-order valence-corrected chi connectivity index (χ1v) is 9.48. The van der Waals surface area contributed by atoms with Crippen LogP contribution in [-0.4, -0.2) is 37.8 Å². The Hall–Kier alpha value is -4.66. The van der Waals surface area contributed by atoms with E-state index in [0.29, 0.717) is 33.6 Å². The molecule has 9 N–H and O–H groups in total. The molecule has 0 unspecified atom stereocenters. The summed E-state index contributed by atoms with van der Waals surface area (Å²) in [6.45, 7) is 1.08. The quantitative estimate of drug-likeness (QED) is 0.192. The zero-order chi connectivity index (χ0) is 23.4. The van der Waals surface area contributed by atoms with Crippen LogP contribution in [-0.2, 0) is 4.79 Å². The van der Waals surface area contributed by atoms with Gasteiger partial charge in [-0.2, -0.15) is 0 Å². The van der Waals surface area contributed by atoms with Crippen molar-refractivity contribution >= 4 is 28.7 Å². The highest BCUT2D eigenvalue weighted by Crippen LogP contribution is 2.37. The number of aromatic nitrogens is 2. The van der Waals surface area contributed by atoms with Crippen LogP contribution in [0, 0.1) is 10.8 Å². The van der Waals surface area contributed by atoms with E-state index in [1.807, 2.05) is 30.3 Å². The third kappa shape index (κ3) is 4.73. The third-order valence-electron chi connectivity index (χ3n) is 4.59. The number of phenols is 1. The van der Waals surface area contributed by atoms with E-state index >= 15 is 0 Å². The number of aliphatic carboxylic acids is 1. The maximum Gasteiger partial charge on any atom is 0.300 e. The highest BCUT2D eigenvalue weighted by Gasteiger charge is 2.14. The first-order chi connectivity index (χ1) is 15.2. The summed E-state index contributed by atoms with van der Waals surface area (Å²) in [5, 5.41) is 33.3. The second-order valence-electron chi connectivity index (χ2n) is 6.94. The number of para-hydroxylation sites is 1. The molecular formula is C23H22N6O3. The number of rotatable bonds is 4. The van der Waals surface area contributed by atoms with Crippen LogP contribution in [0.4, 0.5) is 0 Å². The van der Waals surface area contributed by atoms with Crippen LogP contribution in [0.15, 0.2) is 60.7 Å². The minimum atomic E-state index is -0.833. The summed E-state index contributed by atoms with van der Waals surface area (Å²) in [4.78, 5) is 16.7. The number of hydrogen-bond acceptors (Lipinski definition) is 5. The molecule has 162 valence electrons. The standard InChI is InChI=1S/C21H18N6O.C2H4O2/c22-19(23)12-6-4-11(5-7-12)14-2-1-3-15(18(14)28)21-26-16-9-8-13(20(24)25)10-17(16)27-21;1-2(3)4/h1-10,28H,(H3,22,23)(H3,24,25)(H,26,27);1H3,(H,3,4). The number of phenolic OH excluding ortho intramolecular Hbond substituents is 1. The van der Waals surface area contributed by atoms with Gasteiger partial charge in [-0.15, -0.1) is 0 Å². The number of carboxylic acids is 1. The Labute approximate surface area is 183 Å². The fraction of sp³-hybridized carbons (Fsp3) is 0.0435. The van der Waals surface area contributed by atoms with Gasteiger partial charge in [0.25, 0.3) is 5.97 Å². The largest absolute Gasteiger partial charge is 0.507 e. The van der Waals surface area contributed by atoms with Gasteiger partial charge in [-0.1, -0.05) is 36.4 Å². The average molecular weight is 430 g/mol. The van der Waals surface area contributed by atoms with Crippen LogP contribution in [0.25, 0.3) is 33.5 Å². The molecule has 32 heavy (non-hydrogen) atoms. The Morgan fingerprint density at radius 2 is 1.50 bits per heavy atom. The number of nitrogens with two attached hydrogens (primary N) is 2. The number of aromatic amines is 1. The number of carboxylic acid groups (broad SMARTS) is 1. The number of amidine groups is 2. The Bertz CT molecular complexity index is 1320. The predicted molar refractivity (Wildman–Crippen MR) is 124 cm³/mol. The number of fused-ring (bicyclic) bond motifs is 1. The van der Waals surface area contributed by atoms with Crippen molar-refractivity contribution in [3.63, 3.8) is 0 Å². The molecule has 1 heterocycles. The molecule has 0 atom stereocenters. The molecular weight excluding hydrogens is 408 g/mol. The molecule has 0 spiro atoms. The lowest BCUT2D eigenvalue weighted by molar-refractivity contribution is -0.134. The molecule has 0 aliphatic carbocycles. The number of benzene rings is 3. The Kier molecular flexibility index (Phi) is 6.20. The highest BCUT2D eigenvalue weighted by molar-refractivity contribution is 5.98. The number of nitrogens with zero attached hydrogens (tertiary/aromatic N) is 1. The summed E-state index contributed by atoms with van der Waals surface area (Å²) in [5.74, 6) is -0.235. The van der Waals surface area contributed by atoms with Crippen molar-refractivity contribution in [1.82, 2.24) is 9.97 Å². The van der Waals surface area contributed by atoms with Crippen LogP contribution >= 0.6 is 0 Å². The molecule has 0 fully saturated rings. The fourth-order valence-electron chi connectivity index (χ4n) is 3.10. The van der Waals surface area contributed by atoms with E-state index < -0.39 is 5.97 Å². The SMILES string of the molecule is CC(=O)O.N=C(N)c1ccc(-c2cccc(-c3nc4cc(C(=N)N)ccc4[nH]3)c2O)cc1. The lowest BCUT2D eigenvalue weighted by Gasteiger charge is -2.09. The summed E-state index contributed by atoms with van der Waals surface area (Å²) in [6, 6.07) is 17.9. The van der Waals surface area contributed by atoms with Gasteiger partial charge in [-0.05, 0) is 29.8 Å². The molecule has 0 saturated heterocycles. The van der Waals surface area contributed by atoms with E-state index in [0.717, 1.165) is 18.0 Å². The van der Waals surface area contributed by atoms with Gasteiger partial charge in [-0.25, -0.2) is 4.98 Å². The minimum absolute atomic E-state index is 0.00303. The van der Waals surface area contributed by atoms with Gasteiger partial charge in [0, 0.05) is 23.6 Å². The molecule has 0 aliphatic heterocycles. The van der Waals surface area contributed by atoms with Crippen molar-refractivity contribution in [1.29, 1.82) is 10.8 Å². The highest BCUT2D eigenvalue weighted by atomic mass is 16.4. The Balaban J connectivity index is 0.000000668. The maximum atomic E-state index is 10.9. The third-order valence-corrected chi connectivity index (χ3v) is 4.59. The zero-order valence-corrected chi connectivity index (χ0v) is 17.2. The monoisotopic (exact) mass is 430 g/mol. The second-order valence-corrected chi connectivity index (χ2v) is 6.94. The van der Waals surface area contributed by atoms with Crippen molar-refractivity contribution in [3.8, 4) is 28.3 Å². The van der Waals surface area contributed by atoms with Crippen LogP contribution in [0.3, 0.4) is 0 Å². The molecule has 4 aromatic rings.